The molecule has 0 bridgehead atoms. The summed E-state index contributed by atoms with van der Waals surface area (Å²) in [6.07, 6.45) is -0.513. The molecule has 18 heavy (non-hydrogen) atoms. The Morgan fingerprint density at radius 3 is 2.39 bits per heavy atom. The van der Waals surface area contributed by atoms with E-state index < -0.39 is 36.4 Å². The molecule has 7 heteroatoms. The molecule has 1 rings (SSSR count). The van der Waals surface area contributed by atoms with Crippen molar-refractivity contribution in [1.82, 2.24) is 10.4 Å². The Labute approximate surface area is 102 Å². The molecule has 1 aromatic carbocycles. The van der Waals surface area contributed by atoms with E-state index in [1.54, 1.807) is 0 Å². The molecule has 0 aliphatic rings. The van der Waals surface area contributed by atoms with Gasteiger partial charge >= 0.3 is 0 Å². The van der Waals surface area contributed by atoms with Crippen molar-refractivity contribution in [3.63, 3.8) is 0 Å². The molecule has 0 radical (unpaired) electrons. The quantitative estimate of drug-likeness (QED) is 0.609. The molecular weight excluding hydrogens is 246 g/mol. The normalized spacial score (nSPS) is 10.0. The number of hydroxylamine groups is 2. The molecule has 0 spiro atoms. The van der Waals surface area contributed by atoms with Gasteiger partial charge in [-0.05, 0) is 12.1 Å². The van der Waals surface area contributed by atoms with Crippen LogP contribution < -0.4 is 5.32 Å². The number of amides is 2. The predicted molar refractivity (Wildman–Crippen MR) is 57.6 cm³/mol. The minimum atomic E-state index is -0.823. The summed E-state index contributed by atoms with van der Waals surface area (Å²) in [6, 6.07) is 3.27. The summed E-state index contributed by atoms with van der Waals surface area (Å²) in [4.78, 5) is 22.3. The van der Waals surface area contributed by atoms with Crippen LogP contribution in [0, 0.1) is 11.6 Å². The second-order valence-corrected chi connectivity index (χ2v) is 3.57. The number of carbonyl (C=O) groups is 2. The van der Waals surface area contributed by atoms with E-state index in [0.29, 0.717) is 5.06 Å². The third kappa shape index (κ3) is 3.77. The van der Waals surface area contributed by atoms with E-state index in [0.717, 1.165) is 19.2 Å². The lowest BCUT2D eigenvalue weighted by molar-refractivity contribution is -0.158. The van der Waals surface area contributed by atoms with E-state index in [4.69, 9.17) is 5.21 Å². The minimum Gasteiger partial charge on any atom is -0.347 e. The first-order valence-corrected chi connectivity index (χ1v) is 5.07. The lowest BCUT2D eigenvalue weighted by atomic mass is 10.1. The Bertz CT molecular complexity index is 443. The Morgan fingerprint density at radius 2 is 1.89 bits per heavy atom. The number of likely N-dealkylation sites (N-methyl/N-ethyl adjacent to an activating group) is 1. The third-order valence-corrected chi connectivity index (χ3v) is 2.20. The van der Waals surface area contributed by atoms with Crippen molar-refractivity contribution in [2.24, 2.45) is 0 Å². The van der Waals surface area contributed by atoms with Crippen LogP contribution >= 0.6 is 0 Å². The van der Waals surface area contributed by atoms with Gasteiger partial charge < -0.3 is 5.32 Å². The van der Waals surface area contributed by atoms with E-state index in [-0.39, 0.29) is 5.56 Å². The van der Waals surface area contributed by atoms with Gasteiger partial charge in [0.15, 0.2) is 0 Å². The van der Waals surface area contributed by atoms with Crippen LogP contribution in [-0.4, -0.2) is 35.7 Å². The van der Waals surface area contributed by atoms with Gasteiger partial charge in [0.05, 0.1) is 13.0 Å². The van der Waals surface area contributed by atoms with Gasteiger partial charge in [-0.3, -0.25) is 14.8 Å². The van der Waals surface area contributed by atoms with Gasteiger partial charge in [0.25, 0.3) is 5.91 Å². The van der Waals surface area contributed by atoms with Crippen LogP contribution in [0.4, 0.5) is 8.78 Å². The predicted octanol–water partition coefficient (Wildman–Crippen LogP) is 0.471. The Morgan fingerprint density at radius 1 is 1.33 bits per heavy atom. The summed E-state index contributed by atoms with van der Waals surface area (Å²) in [5, 5.41) is 11.2. The number of hydrogen-bond donors (Lipinski definition) is 2. The SMILES string of the molecule is CN(O)C(=O)CNC(=O)Cc1c(F)cccc1F. The number of nitrogens with zero attached hydrogens (tertiary/aromatic N) is 1. The monoisotopic (exact) mass is 258 g/mol. The zero-order chi connectivity index (χ0) is 13.7. The molecule has 0 fully saturated rings. The number of hydrogen-bond acceptors (Lipinski definition) is 3. The summed E-state index contributed by atoms with van der Waals surface area (Å²) in [5.74, 6) is -3.10. The van der Waals surface area contributed by atoms with Crippen LogP contribution in [0.3, 0.4) is 0 Å². The molecule has 0 saturated carbocycles. The highest BCUT2D eigenvalue weighted by Gasteiger charge is 2.14. The van der Waals surface area contributed by atoms with Gasteiger partial charge in [-0.25, -0.2) is 13.8 Å². The maximum atomic E-state index is 13.2. The Hall–Kier alpha value is -2.02. The average molecular weight is 258 g/mol. The molecule has 1 aromatic rings. The van der Waals surface area contributed by atoms with Crippen molar-refractivity contribution in [3.8, 4) is 0 Å². The molecular formula is C11H12F2N2O3. The summed E-state index contributed by atoms with van der Waals surface area (Å²) in [5.41, 5.74) is -0.361. The van der Waals surface area contributed by atoms with Crippen molar-refractivity contribution in [2.45, 2.75) is 6.42 Å². The molecule has 5 nitrogen and oxygen atoms in total. The van der Waals surface area contributed by atoms with Crippen LogP contribution in [0.25, 0.3) is 0 Å². The molecule has 0 atom stereocenters. The highest BCUT2D eigenvalue weighted by atomic mass is 19.1. The van der Waals surface area contributed by atoms with E-state index in [1.165, 1.54) is 6.07 Å². The van der Waals surface area contributed by atoms with Crippen LogP contribution in [0.2, 0.25) is 0 Å². The van der Waals surface area contributed by atoms with E-state index in [9.17, 15) is 18.4 Å². The number of halogens is 2. The number of benzene rings is 1. The van der Waals surface area contributed by atoms with Crippen molar-refractivity contribution < 1.29 is 23.6 Å². The Balaban J connectivity index is 2.58. The fraction of sp³-hybridized carbons (Fsp3) is 0.273. The molecule has 0 aromatic heterocycles. The lowest BCUT2D eigenvalue weighted by Crippen LogP contribution is -2.37. The highest BCUT2D eigenvalue weighted by molar-refractivity contribution is 5.85. The van der Waals surface area contributed by atoms with Crippen LogP contribution in [0.1, 0.15) is 5.56 Å². The molecule has 98 valence electrons. The standard InChI is InChI=1S/C11H12F2N2O3/c1-15(18)11(17)6-14-10(16)5-7-8(12)3-2-4-9(7)13/h2-4,18H,5-6H2,1H3,(H,14,16). The summed E-state index contributed by atoms with van der Waals surface area (Å²) >= 11 is 0. The van der Waals surface area contributed by atoms with Crippen molar-refractivity contribution in [3.05, 3.63) is 35.4 Å². The molecule has 0 unspecified atom stereocenters. The van der Waals surface area contributed by atoms with Gasteiger partial charge in [0, 0.05) is 12.6 Å². The largest absolute Gasteiger partial charge is 0.347 e. The molecule has 2 amide bonds. The zero-order valence-corrected chi connectivity index (χ0v) is 9.61. The molecule has 0 aliphatic carbocycles. The third-order valence-electron chi connectivity index (χ3n) is 2.20. The topological polar surface area (TPSA) is 69.6 Å². The first-order chi connectivity index (χ1) is 8.41. The average Bonchev–Trinajstić information content (AvgIpc) is 2.30. The zero-order valence-electron chi connectivity index (χ0n) is 9.61. The van der Waals surface area contributed by atoms with Crippen molar-refractivity contribution in [1.29, 1.82) is 0 Å². The van der Waals surface area contributed by atoms with Gasteiger partial charge in [0.1, 0.15) is 11.6 Å². The van der Waals surface area contributed by atoms with E-state index in [2.05, 4.69) is 5.32 Å². The minimum absolute atomic E-state index is 0.309. The molecule has 0 saturated heterocycles. The Kier molecular flexibility index (Phi) is 4.73. The number of rotatable bonds is 4. The van der Waals surface area contributed by atoms with Gasteiger partial charge in [-0.1, -0.05) is 6.07 Å². The first-order valence-electron chi connectivity index (χ1n) is 5.07. The van der Waals surface area contributed by atoms with Crippen molar-refractivity contribution >= 4 is 11.8 Å². The molecule has 0 heterocycles. The van der Waals surface area contributed by atoms with Crippen molar-refractivity contribution in [2.75, 3.05) is 13.6 Å². The smallest absolute Gasteiger partial charge is 0.265 e. The fourth-order valence-corrected chi connectivity index (χ4v) is 1.21. The number of nitrogens with one attached hydrogen (secondary N) is 1. The summed E-state index contributed by atoms with van der Waals surface area (Å²) < 4.78 is 26.4. The van der Waals surface area contributed by atoms with Gasteiger partial charge in [0.2, 0.25) is 5.91 Å². The summed E-state index contributed by atoms with van der Waals surface area (Å²) in [7, 11) is 1.10. The second kappa shape index (κ2) is 6.06. The maximum Gasteiger partial charge on any atom is 0.265 e. The number of carbonyl (C=O) groups excluding carboxylic acids is 2. The van der Waals surface area contributed by atoms with Crippen LogP contribution in [0.5, 0.6) is 0 Å². The van der Waals surface area contributed by atoms with Gasteiger partial charge in [-0.2, -0.15) is 0 Å². The molecule has 2 N–H and O–H groups in total. The molecule has 0 aliphatic heterocycles. The fourth-order valence-electron chi connectivity index (χ4n) is 1.21. The maximum absolute atomic E-state index is 13.2. The second-order valence-electron chi connectivity index (χ2n) is 3.57. The highest BCUT2D eigenvalue weighted by Crippen LogP contribution is 2.12. The van der Waals surface area contributed by atoms with Crippen LogP contribution in [0.15, 0.2) is 18.2 Å². The lowest BCUT2D eigenvalue weighted by Gasteiger charge is -2.09. The first kappa shape index (κ1) is 14.0. The summed E-state index contributed by atoms with van der Waals surface area (Å²) in [6.45, 7) is -0.443. The van der Waals surface area contributed by atoms with E-state index >= 15 is 0 Å². The van der Waals surface area contributed by atoms with Crippen LogP contribution in [-0.2, 0) is 16.0 Å². The van der Waals surface area contributed by atoms with E-state index in [1.807, 2.05) is 0 Å². The van der Waals surface area contributed by atoms with Gasteiger partial charge in [-0.15, -0.1) is 0 Å².